The Labute approximate surface area is 186 Å². The first kappa shape index (κ1) is 25.6. The second-order valence-electron chi connectivity index (χ2n) is 7.91. The Kier molecular flexibility index (Phi) is 9.92. The summed E-state index contributed by atoms with van der Waals surface area (Å²) in [5.41, 5.74) is 11.5. The first-order valence-corrected chi connectivity index (χ1v) is 10.9. The molecule has 178 valence electrons. The lowest BCUT2D eigenvalue weighted by Crippen LogP contribution is -2.45. The number of aromatic nitrogens is 2. The molecule has 12 heteroatoms. The number of azide groups is 1. The maximum Gasteiger partial charge on any atom is 0.351 e. The van der Waals surface area contributed by atoms with Crippen molar-refractivity contribution in [2.45, 2.75) is 88.9 Å². The lowest BCUT2D eigenvalue weighted by atomic mass is 10.1. The Balaban J connectivity index is 1.91. The molecule has 1 aliphatic heterocycles. The van der Waals surface area contributed by atoms with Gasteiger partial charge < -0.3 is 25.4 Å². The molecule has 0 bridgehead atoms. The summed E-state index contributed by atoms with van der Waals surface area (Å²) in [5, 5.41) is 24.3. The summed E-state index contributed by atoms with van der Waals surface area (Å²) < 4.78 is 11.6. The van der Waals surface area contributed by atoms with E-state index in [1.807, 2.05) is 0 Å². The van der Waals surface area contributed by atoms with Crippen LogP contribution in [0.2, 0.25) is 0 Å². The number of nitrogens with two attached hydrogens (primary N) is 1. The van der Waals surface area contributed by atoms with Gasteiger partial charge in [0.05, 0.1) is 0 Å². The van der Waals surface area contributed by atoms with Gasteiger partial charge in [-0.15, -0.1) is 0 Å². The second-order valence-corrected chi connectivity index (χ2v) is 7.91. The number of ether oxygens (including phenoxy) is 2. The maximum absolute atomic E-state index is 12.1. The molecule has 32 heavy (non-hydrogen) atoms. The van der Waals surface area contributed by atoms with E-state index in [1.165, 1.54) is 37.9 Å². The number of aliphatic hydroxyl groups is 2. The molecular weight excluding hydrogens is 420 g/mol. The predicted octanol–water partition coefficient (Wildman–Crippen LogP) is 2.16. The van der Waals surface area contributed by atoms with Crippen LogP contribution in [0.5, 0.6) is 0 Å². The molecule has 0 saturated carbocycles. The fraction of sp³-hybridized carbons (Fsp3) is 0.750. The van der Waals surface area contributed by atoms with Crippen LogP contribution in [0.1, 0.15) is 70.9 Å². The minimum atomic E-state index is -2.09. The first-order valence-electron chi connectivity index (χ1n) is 10.9. The van der Waals surface area contributed by atoms with Crippen LogP contribution >= 0.6 is 0 Å². The molecule has 1 saturated heterocycles. The third-order valence-corrected chi connectivity index (χ3v) is 5.42. The van der Waals surface area contributed by atoms with E-state index in [2.05, 4.69) is 21.9 Å². The van der Waals surface area contributed by atoms with E-state index in [-0.39, 0.29) is 12.2 Å². The zero-order chi connectivity index (χ0) is 23.6. The van der Waals surface area contributed by atoms with Crippen LogP contribution in [0, 0.1) is 0 Å². The number of aliphatic hydroxyl groups excluding tert-OH is 2. The lowest BCUT2D eigenvalue weighted by Gasteiger charge is -2.26. The molecule has 1 aromatic rings. The highest BCUT2D eigenvalue weighted by atomic mass is 16.6. The Morgan fingerprint density at radius 2 is 1.97 bits per heavy atom. The predicted molar refractivity (Wildman–Crippen MR) is 115 cm³/mol. The molecule has 2 rings (SSSR count). The molecule has 2 heterocycles. The molecule has 0 amide bonds. The summed E-state index contributed by atoms with van der Waals surface area (Å²) in [6.07, 6.45) is 5.19. The summed E-state index contributed by atoms with van der Waals surface area (Å²) in [4.78, 5) is 30.4. The monoisotopic (exact) mass is 452 g/mol. The third-order valence-electron chi connectivity index (χ3n) is 5.42. The van der Waals surface area contributed by atoms with Crippen LogP contribution in [-0.4, -0.2) is 50.3 Å². The molecule has 1 aromatic heterocycles. The quantitative estimate of drug-likeness (QED) is 0.133. The number of esters is 1. The Morgan fingerprint density at radius 1 is 1.31 bits per heavy atom. The van der Waals surface area contributed by atoms with Crippen molar-refractivity contribution in [3.63, 3.8) is 0 Å². The highest BCUT2D eigenvalue weighted by molar-refractivity contribution is 5.69. The molecule has 4 N–H and O–H groups in total. The summed E-state index contributed by atoms with van der Waals surface area (Å²) >= 11 is 0. The molecule has 12 nitrogen and oxygen atoms in total. The van der Waals surface area contributed by atoms with Crippen molar-refractivity contribution >= 4 is 11.8 Å². The van der Waals surface area contributed by atoms with Gasteiger partial charge in [-0.05, 0) is 18.0 Å². The Morgan fingerprint density at radius 3 is 2.59 bits per heavy atom. The highest BCUT2D eigenvalue weighted by Crippen LogP contribution is 2.38. The summed E-state index contributed by atoms with van der Waals surface area (Å²) in [7, 11) is 0. The minimum Gasteiger partial charge on any atom is -0.462 e. The standard InChI is InChI=1S/C20H32N6O6/c1-2-3-4-5-6-7-8-9-10-15(27)31-13-20(24-25-22)17(29)16(28)18(32-20)26-12-11-14(21)23-19(26)30/h11-12,16-18,28-29H,2-10,13H2,1H3,(H2,21,23,30)/t16-,17+,18?,20-/m1/s1. The number of rotatable bonds is 13. The zero-order valence-corrected chi connectivity index (χ0v) is 18.3. The normalized spacial score (nSPS) is 24.8. The molecule has 0 aliphatic carbocycles. The maximum atomic E-state index is 12.1. The van der Waals surface area contributed by atoms with Gasteiger partial charge in [0.25, 0.3) is 0 Å². The van der Waals surface area contributed by atoms with Gasteiger partial charge in [0.15, 0.2) is 6.23 Å². The summed E-state index contributed by atoms with van der Waals surface area (Å²) in [6, 6.07) is 1.31. The van der Waals surface area contributed by atoms with Crippen molar-refractivity contribution < 1.29 is 24.5 Å². The molecular formula is C20H32N6O6. The number of hydrogen-bond acceptors (Lipinski definition) is 9. The van der Waals surface area contributed by atoms with Crippen molar-refractivity contribution in [1.29, 1.82) is 0 Å². The average Bonchev–Trinajstić information content (AvgIpc) is 3.00. The van der Waals surface area contributed by atoms with Crippen molar-refractivity contribution in [2.24, 2.45) is 5.11 Å². The van der Waals surface area contributed by atoms with E-state index in [0.29, 0.717) is 6.42 Å². The van der Waals surface area contributed by atoms with Gasteiger partial charge in [0.1, 0.15) is 24.6 Å². The molecule has 4 atom stereocenters. The molecule has 0 spiro atoms. The van der Waals surface area contributed by atoms with E-state index < -0.39 is 42.4 Å². The Hall–Kier alpha value is -2.66. The van der Waals surface area contributed by atoms with Crippen LogP contribution in [-0.2, 0) is 14.3 Å². The van der Waals surface area contributed by atoms with Gasteiger partial charge in [-0.25, -0.2) is 4.79 Å². The van der Waals surface area contributed by atoms with Crippen LogP contribution < -0.4 is 11.4 Å². The van der Waals surface area contributed by atoms with Gasteiger partial charge in [0, 0.05) is 17.5 Å². The van der Waals surface area contributed by atoms with Gasteiger partial charge in [-0.3, -0.25) is 9.36 Å². The molecule has 0 radical (unpaired) electrons. The number of hydrogen-bond donors (Lipinski definition) is 3. The first-order chi connectivity index (χ1) is 15.3. The third kappa shape index (κ3) is 6.67. The summed E-state index contributed by atoms with van der Waals surface area (Å²) in [6.45, 7) is 1.56. The smallest absolute Gasteiger partial charge is 0.351 e. The van der Waals surface area contributed by atoms with Crippen molar-refractivity contribution in [3.8, 4) is 0 Å². The molecule has 0 aromatic carbocycles. The summed E-state index contributed by atoms with van der Waals surface area (Å²) in [5.74, 6) is -0.570. The van der Waals surface area contributed by atoms with Gasteiger partial charge in [0.2, 0.25) is 5.72 Å². The van der Waals surface area contributed by atoms with Gasteiger partial charge in [-0.1, -0.05) is 57.0 Å². The van der Waals surface area contributed by atoms with Gasteiger partial charge in [-0.2, -0.15) is 4.98 Å². The number of anilines is 1. The van der Waals surface area contributed by atoms with Crippen molar-refractivity contribution in [3.05, 3.63) is 33.2 Å². The highest BCUT2D eigenvalue weighted by Gasteiger charge is 2.56. The van der Waals surface area contributed by atoms with E-state index in [4.69, 9.17) is 20.7 Å². The van der Waals surface area contributed by atoms with Crippen LogP contribution in [0.3, 0.4) is 0 Å². The number of nitrogens with zero attached hydrogens (tertiary/aromatic N) is 5. The van der Waals surface area contributed by atoms with Crippen LogP contribution in [0.15, 0.2) is 22.2 Å². The van der Waals surface area contributed by atoms with Gasteiger partial charge >= 0.3 is 11.7 Å². The fourth-order valence-corrected chi connectivity index (χ4v) is 3.58. The topological polar surface area (TPSA) is 186 Å². The van der Waals surface area contributed by atoms with E-state index in [0.717, 1.165) is 23.8 Å². The SMILES string of the molecule is CCCCCCCCCCC(=O)OC[C@@]1(N=[N+]=[N-])OC(n2ccc(N)nc2=O)[C@H](O)[C@@H]1O. The fourth-order valence-electron chi connectivity index (χ4n) is 3.58. The van der Waals surface area contributed by atoms with E-state index >= 15 is 0 Å². The number of unbranched alkanes of at least 4 members (excludes halogenated alkanes) is 7. The van der Waals surface area contributed by atoms with E-state index in [9.17, 15) is 19.8 Å². The number of carbonyl (C=O) groups excluding carboxylic acids is 1. The zero-order valence-electron chi connectivity index (χ0n) is 18.3. The molecule has 1 unspecified atom stereocenters. The minimum absolute atomic E-state index is 0.0320. The number of nitrogen functional groups attached to an aromatic ring is 1. The second kappa shape index (κ2) is 12.4. The largest absolute Gasteiger partial charge is 0.462 e. The lowest BCUT2D eigenvalue weighted by molar-refractivity contribution is -0.165. The average molecular weight is 453 g/mol. The molecule has 1 aliphatic rings. The van der Waals surface area contributed by atoms with Crippen molar-refractivity contribution in [1.82, 2.24) is 9.55 Å². The van der Waals surface area contributed by atoms with Crippen LogP contribution in [0.4, 0.5) is 5.82 Å². The van der Waals surface area contributed by atoms with Crippen molar-refractivity contribution in [2.75, 3.05) is 12.3 Å². The molecule has 1 fully saturated rings. The van der Waals surface area contributed by atoms with E-state index in [1.54, 1.807) is 0 Å². The van der Waals surface area contributed by atoms with Crippen LogP contribution in [0.25, 0.3) is 10.4 Å². The number of carbonyl (C=O) groups is 1. The Bertz CT molecular complexity index is 857.